The van der Waals surface area contributed by atoms with Crippen LogP contribution in [0.5, 0.6) is 0 Å². The van der Waals surface area contributed by atoms with E-state index < -0.39 is 0 Å². The van der Waals surface area contributed by atoms with Gasteiger partial charge in [-0.1, -0.05) is 165 Å². The number of rotatable bonds is 6. The number of nitrogens with zero attached hydrogens (tertiary/aromatic N) is 2. The lowest BCUT2D eigenvalue weighted by molar-refractivity contribution is 0.660. The molecule has 0 saturated heterocycles. The first-order valence-electron chi connectivity index (χ1n) is 23.9. The summed E-state index contributed by atoms with van der Waals surface area (Å²) in [5.74, 6) is 0. The molecule has 0 radical (unpaired) electrons. The molecule has 11 aromatic carbocycles. The number of para-hydroxylation sites is 2. The van der Waals surface area contributed by atoms with Crippen molar-refractivity contribution in [3.63, 3.8) is 0 Å². The smallest absolute Gasteiger partial charge is 0.159 e. The van der Waals surface area contributed by atoms with Crippen LogP contribution < -0.4 is 9.80 Å². The van der Waals surface area contributed by atoms with E-state index in [2.05, 4.69) is 244 Å². The number of benzene rings is 11. The molecule has 69 heavy (non-hydrogen) atoms. The number of aryl methyl sites for hydroxylation is 2. The van der Waals surface area contributed by atoms with E-state index in [1.807, 2.05) is 0 Å². The first kappa shape index (κ1) is 39.6. The summed E-state index contributed by atoms with van der Waals surface area (Å²) < 4.78 is 13.9. The quantitative estimate of drug-likeness (QED) is 0.167. The van der Waals surface area contributed by atoms with Gasteiger partial charge in [0, 0.05) is 49.4 Å². The van der Waals surface area contributed by atoms with Gasteiger partial charge in [0.1, 0.15) is 11.2 Å². The van der Waals surface area contributed by atoms with E-state index in [4.69, 9.17) is 8.83 Å². The normalized spacial score (nSPS) is 13.0. The zero-order valence-corrected chi connectivity index (χ0v) is 38.8. The fourth-order valence-electron chi connectivity index (χ4n) is 11.6. The van der Waals surface area contributed by atoms with Gasteiger partial charge < -0.3 is 18.6 Å². The second-order valence-electron chi connectivity index (χ2n) is 19.4. The molecule has 2 heterocycles. The lowest BCUT2D eigenvalue weighted by atomic mass is 9.81. The molecule has 2 aromatic heterocycles. The third kappa shape index (κ3) is 5.82. The fourth-order valence-corrected chi connectivity index (χ4v) is 11.6. The van der Waals surface area contributed by atoms with Crippen molar-refractivity contribution in [1.82, 2.24) is 0 Å². The number of fused-ring (bicyclic) bond motifs is 15. The summed E-state index contributed by atoms with van der Waals surface area (Å²) in [5.41, 5.74) is 17.0. The summed E-state index contributed by atoms with van der Waals surface area (Å²) in [7, 11) is 0. The molecule has 4 heteroatoms. The molecule has 0 spiro atoms. The molecule has 0 aliphatic heterocycles. The van der Waals surface area contributed by atoms with Gasteiger partial charge >= 0.3 is 0 Å². The van der Waals surface area contributed by atoms with E-state index >= 15 is 0 Å². The summed E-state index contributed by atoms with van der Waals surface area (Å²) in [6.07, 6.45) is 0. The maximum absolute atomic E-state index is 6.96. The fraction of sp³-hybridized carbons (Fsp3) is 0.0769. The van der Waals surface area contributed by atoms with E-state index in [1.165, 1.54) is 65.7 Å². The van der Waals surface area contributed by atoms with Crippen molar-refractivity contribution in [1.29, 1.82) is 0 Å². The van der Waals surface area contributed by atoms with Gasteiger partial charge in [0.05, 0.1) is 17.1 Å². The largest absolute Gasteiger partial charge is 0.454 e. The van der Waals surface area contributed by atoms with E-state index in [9.17, 15) is 0 Å². The monoisotopic (exact) mass is 886 g/mol. The minimum Gasteiger partial charge on any atom is -0.454 e. The molecule has 0 fully saturated rings. The molecule has 328 valence electrons. The van der Waals surface area contributed by atoms with Crippen LogP contribution in [0.25, 0.3) is 87.3 Å². The van der Waals surface area contributed by atoms with Crippen molar-refractivity contribution in [3.05, 3.63) is 229 Å². The molecular formula is C65H46N2O2. The maximum Gasteiger partial charge on any atom is 0.159 e. The minimum atomic E-state index is -0.369. The lowest BCUT2D eigenvalue weighted by Crippen LogP contribution is -2.18. The number of hydrogen-bond donors (Lipinski definition) is 0. The molecule has 0 bridgehead atoms. The zero-order valence-electron chi connectivity index (χ0n) is 38.8. The molecular weight excluding hydrogens is 841 g/mol. The Morgan fingerprint density at radius 1 is 0.362 bits per heavy atom. The molecule has 1 aliphatic carbocycles. The predicted octanol–water partition coefficient (Wildman–Crippen LogP) is 18.8. The number of furan rings is 2. The van der Waals surface area contributed by atoms with E-state index in [0.29, 0.717) is 0 Å². The molecule has 0 atom stereocenters. The second kappa shape index (κ2) is 14.7. The Hall–Kier alpha value is -8.60. The summed E-state index contributed by atoms with van der Waals surface area (Å²) >= 11 is 0. The van der Waals surface area contributed by atoms with Crippen LogP contribution in [0.1, 0.15) is 36.1 Å². The third-order valence-corrected chi connectivity index (χ3v) is 14.9. The van der Waals surface area contributed by atoms with Crippen LogP contribution >= 0.6 is 0 Å². The van der Waals surface area contributed by atoms with E-state index in [-0.39, 0.29) is 5.41 Å². The molecule has 0 amide bonds. The van der Waals surface area contributed by atoms with Gasteiger partial charge in [0.2, 0.25) is 0 Å². The first-order chi connectivity index (χ1) is 33.8. The van der Waals surface area contributed by atoms with Crippen molar-refractivity contribution >= 4 is 110 Å². The van der Waals surface area contributed by atoms with Crippen molar-refractivity contribution in [3.8, 4) is 11.1 Å². The van der Waals surface area contributed by atoms with Crippen LogP contribution in [0.15, 0.2) is 215 Å². The van der Waals surface area contributed by atoms with Crippen molar-refractivity contribution < 1.29 is 8.83 Å². The Labute approximate surface area is 399 Å². The Morgan fingerprint density at radius 3 is 1.42 bits per heavy atom. The Balaban J connectivity index is 0.978. The molecule has 0 unspecified atom stereocenters. The minimum absolute atomic E-state index is 0.369. The number of hydrogen-bond acceptors (Lipinski definition) is 4. The van der Waals surface area contributed by atoms with Gasteiger partial charge in [-0.05, 0) is 130 Å². The first-order valence-corrected chi connectivity index (χ1v) is 23.9. The standard InChI is InChI=1S/C65H46N2O2/c1-39-23-29-43(30-24-39)66(55-21-11-19-51-61-46-15-7-5-13-41(46)27-35-58(61)68-63(51)55)45-33-34-50-53(37-45)65(3,4)54-38-57(48-17-9-10-18-49(48)60(50)54)67(44-31-25-40(2)26-32-44)56-22-12-20-52-62-47-16-8-6-14-42(47)28-36-59(62)69-64(52)56/h5-38H,1-4H3. The molecule has 13 aromatic rings. The molecule has 0 N–H and O–H groups in total. The van der Waals surface area contributed by atoms with Gasteiger partial charge in [0.25, 0.3) is 0 Å². The van der Waals surface area contributed by atoms with Gasteiger partial charge in [-0.15, -0.1) is 0 Å². The van der Waals surface area contributed by atoms with Crippen molar-refractivity contribution in [2.24, 2.45) is 0 Å². The van der Waals surface area contributed by atoms with E-state index in [0.717, 1.165) is 78.0 Å². The highest BCUT2D eigenvalue weighted by Crippen LogP contribution is 2.57. The highest BCUT2D eigenvalue weighted by molar-refractivity contribution is 6.23. The number of anilines is 6. The predicted molar refractivity (Wildman–Crippen MR) is 290 cm³/mol. The second-order valence-corrected chi connectivity index (χ2v) is 19.4. The summed E-state index contributed by atoms with van der Waals surface area (Å²) in [6.45, 7) is 9.08. The van der Waals surface area contributed by atoms with Crippen molar-refractivity contribution in [2.75, 3.05) is 9.80 Å². The Morgan fingerprint density at radius 2 is 0.841 bits per heavy atom. The third-order valence-electron chi connectivity index (χ3n) is 14.9. The summed E-state index contributed by atoms with van der Waals surface area (Å²) in [5, 5.41) is 11.7. The SMILES string of the molecule is Cc1ccc(N(c2ccc3c(c2)C(C)(C)c2cc(N(c4ccc(C)cc4)c4cccc5c4oc4ccc6ccccc6c45)c4ccccc4c2-3)c2cccc3c2oc2ccc4ccccc4c23)cc1. The van der Waals surface area contributed by atoms with Gasteiger partial charge in [-0.25, -0.2) is 0 Å². The molecule has 1 aliphatic rings. The van der Waals surface area contributed by atoms with Crippen LogP contribution in [-0.2, 0) is 5.41 Å². The average Bonchev–Trinajstić information content (AvgIpc) is 4.04. The van der Waals surface area contributed by atoms with Gasteiger partial charge in [0.15, 0.2) is 11.2 Å². The molecule has 14 rings (SSSR count). The molecule has 0 saturated carbocycles. The molecule has 4 nitrogen and oxygen atoms in total. The van der Waals surface area contributed by atoms with Gasteiger partial charge in [-0.2, -0.15) is 0 Å². The average molecular weight is 887 g/mol. The van der Waals surface area contributed by atoms with Gasteiger partial charge in [-0.3, -0.25) is 0 Å². The topological polar surface area (TPSA) is 32.8 Å². The Bertz CT molecular complexity index is 4250. The van der Waals surface area contributed by atoms with Crippen LogP contribution in [0.3, 0.4) is 0 Å². The Kier molecular flexibility index (Phi) is 8.43. The lowest BCUT2D eigenvalue weighted by Gasteiger charge is -2.30. The highest BCUT2D eigenvalue weighted by Gasteiger charge is 2.39. The summed E-state index contributed by atoms with van der Waals surface area (Å²) in [6, 6.07) is 75.2. The highest BCUT2D eigenvalue weighted by atomic mass is 16.3. The van der Waals surface area contributed by atoms with Crippen LogP contribution in [0.2, 0.25) is 0 Å². The maximum atomic E-state index is 6.96. The van der Waals surface area contributed by atoms with Crippen LogP contribution in [-0.4, -0.2) is 0 Å². The van der Waals surface area contributed by atoms with Crippen molar-refractivity contribution in [2.45, 2.75) is 33.1 Å². The summed E-state index contributed by atoms with van der Waals surface area (Å²) in [4.78, 5) is 4.81. The van der Waals surface area contributed by atoms with E-state index in [1.54, 1.807) is 0 Å². The van der Waals surface area contributed by atoms with Crippen LogP contribution in [0, 0.1) is 13.8 Å². The van der Waals surface area contributed by atoms with Crippen LogP contribution in [0.4, 0.5) is 34.1 Å². The zero-order chi connectivity index (χ0) is 46.1.